The van der Waals surface area contributed by atoms with Crippen LogP contribution in [0, 0.1) is 0 Å². The first-order chi connectivity index (χ1) is 18.7. The maximum atomic E-state index is 13.2. The van der Waals surface area contributed by atoms with Gasteiger partial charge in [0.1, 0.15) is 0 Å². The Hall–Kier alpha value is -4.49. The first-order valence-electron chi connectivity index (χ1n) is 11.3. The minimum Gasteiger partial charge on any atom is -0.494 e. The molecule has 196 valence electrons. The van der Waals surface area contributed by atoms with Crippen LogP contribution in [0.1, 0.15) is 22.7 Å². The number of nitrogens with one attached hydrogen (secondary N) is 2. The summed E-state index contributed by atoms with van der Waals surface area (Å²) in [6, 6.07) is 17.3. The van der Waals surface area contributed by atoms with Crippen LogP contribution in [-0.4, -0.2) is 34.3 Å². The zero-order valence-corrected chi connectivity index (χ0v) is 22.8. The van der Waals surface area contributed by atoms with Crippen LogP contribution in [0.2, 0.25) is 0 Å². The maximum Gasteiger partial charge on any atom is 0.335 e. The van der Waals surface area contributed by atoms with Gasteiger partial charge in [-0.25, -0.2) is 18.7 Å². The van der Waals surface area contributed by atoms with Crippen molar-refractivity contribution in [2.24, 2.45) is 0 Å². The highest BCUT2D eigenvalue weighted by Crippen LogP contribution is 2.36. The molecule has 5 rings (SSSR count). The zero-order valence-electron chi connectivity index (χ0n) is 19.6. The van der Waals surface area contributed by atoms with Crippen molar-refractivity contribution in [3.05, 3.63) is 140 Å². The molecule has 0 aliphatic heterocycles. The van der Waals surface area contributed by atoms with Gasteiger partial charge in [-0.3, -0.25) is 24.5 Å². The number of rotatable bonds is 5. The summed E-state index contributed by atoms with van der Waals surface area (Å²) in [7, 11) is 0. The van der Waals surface area contributed by atoms with Gasteiger partial charge in [0.25, 0.3) is 11.1 Å². The Balaban J connectivity index is 1.87. The summed E-state index contributed by atoms with van der Waals surface area (Å²) < 4.78 is 3.13. The summed E-state index contributed by atoms with van der Waals surface area (Å²) in [6.45, 7) is 0. The molecule has 5 aromatic rings. The molecule has 3 aromatic heterocycles. The molecule has 13 heteroatoms. The topological polar surface area (TPSA) is 163 Å². The molecule has 11 nitrogen and oxygen atoms in total. The molecule has 0 fully saturated rings. The molecule has 0 spiro atoms. The SMILES string of the molecule is O=c1[nH]c(=O)n(-c2ccc(Br)cc2)c(O)c1C(c1ccccn1)c1c(O)n(-c2ccc(Br)cc2)c(=O)[nH]c1=O. The van der Waals surface area contributed by atoms with Crippen molar-refractivity contribution in [3.8, 4) is 23.1 Å². The highest BCUT2D eigenvalue weighted by Gasteiger charge is 2.33. The van der Waals surface area contributed by atoms with Gasteiger partial charge in [-0.1, -0.05) is 37.9 Å². The number of pyridine rings is 1. The lowest BCUT2D eigenvalue weighted by Gasteiger charge is -2.21. The Morgan fingerprint density at radius 1 is 0.667 bits per heavy atom. The number of hydrogen-bond donors (Lipinski definition) is 4. The number of aromatic hydroxyl groups is 2. The van der Waals surface area contributed by atoms with E-state index in [0.29, 0.717) is 8.95 Å². The van der Waals surface area contributed by atoms with Crippen LogP contribution in [-0.2, 0) is 0 Å². The van der Waals surface area contributed by atoms with Crippen molar-refractivity contribution in [2.75, 3.05) is 0 Å². The second-order valence-electron chi connectivity index (χ2n) is 8.30. The lowest BCUT2D eigenvalue weighted by atomic mass is 9.90. The smallest absolute Gasteiger partial charge is 0.335 e. The van der Waals surface area contributed by atoms with Gasteiger partial charge in [-0.2, -0.15) is 0 Å². The fraction of sp³-hybridized carbons (Fsp3) is 0.0385. The predicted octanol–water partition coefficient (Wildman–Crippen LogP) is 2.88. The molecule has 0 aliphatic rings. The van der Waals surface area contributed by atoms with Crippen LogP contribution >= 0.6 is 31.9 Å². The van der Waals surface area contributed by atoms with Crippen molar-refractivity contribution in [2.45, 2.75) is 5.92 Å². The van der Waals surface area contributed by atoms with E-state index in [1.807, 2.05) is 0 Å². The number of aromatic nitrogens is 5. The molecular weight excluding hydrogens is 638 g/mol. The molecule has 0 amide bonds. The molecule has 0 saturated carbocycles. The third-order valence-corrected chi connectivity index (χ3v) is 7.03. The molecular formula is C26H17Br2N5O6. The van der Waals surface area contributed by atoms with Crippen LogP contribution in [0.15, 0.2) is 101 Å². The number of aromatic amines is 2. The molecule has 0 saturated heterocycles. The molecule has 0 bridgehead atoms. The van der Waals surface area contributed by atoms with Gasteiger partial charge >= 0.3 is 11.4 Å². The standard InChI is InChI=1S/C26H17Br2N5O6/c27-13-4-8-15(9-5-13)32-23(36)19(21(34)30-25(32)38)18(17-3-1-2-12-29-17)20-22(35)31-26(39)33(24(20)37)16-10-6-14(28)7-11-16/h1-12,18,36-37H,(H,30,34,38)(H,31,35,39). The second kappa shape index (κ2) is 10.3. The van der Waals surface area contributed by atoms with Gasteiger partial charge < -0.3 is 10.2 Å². The van der Waals surface area contributed by atoms with E-state index < -0.39 is 51.3 Å². The van der Waals surface area contributed by atoms with Crippen LogP contribution < -0.4 is 22.5 Å². The number of nitrogens with zero attached hydrogens (tertiary/aromatic N) is 3. The van der Waals surface area contributed by atoms with Crippen LogP contribution in [0.4, 0.5) is 0 Å². The average Bonchev–Trinajstić information content (AvgIpc) is 2.90. The molecule has 39 heavy (non-hydrogen) atoms. The quantitative estimate of drug-likeness (QED) is 0.226. The van der Waals surface area contributed by atoms with Crippen molar-refractivity contribution >= 4 is 31.9 Å². The highest BCUT2D eigenvalue weighted by atomic mass is 79.9. The Bertz CT molecular complexity index is 1810. The van der Waals surface area contributed by atoms with E-state index in [4.69, 9.17) is 0 Å². The van der Waals surface area contributed by atoms with Gasteiger partial charge in [-0.05, 0) is 60.7 Å². The Kier molecular flexibility index (Phi) is 6.93. The first kappa shape index (κ1) is 26.1. The largest absolute Gasteiger partial charge is 0.494 e. The molecule has 2 aromatic carbocycles. The van der Waals surface area contributed by atoms with Crippen LogP contribution in [0.5, 0.6) is 11.8 Å². The first-order valence-corrected chi connectivity index (χ1v) is 12.8. The lowest BCUT2D eigenvalue weighted by molar-refractivity contribution is 0.411. The molecule has 3 heterocycles. The summed E-state index contributed by atoms with van der Waals surface area (Å²) in [4.78, 5) is 60.7. The zero-order chi connectivity index (χ0) is 27.8. The van der Waals surface area contributed by atoms with Crippen molar-refractivity contribution in [1.82, 2.24) is 24.1 Å². The van der Waals surface area contributed by atoms with E-state index in [0.717, 1.165) is 9.13 Å². The van der Waals surface area contributed by atoms with Gasteiger partial charge in [0.2, 0.25) is 11.8 Å². The van der Waals surface area contributed by atoms with Crippen LogP contribution in [0.3, 0.4) is 0 Å². The lowest BCUT2D eigenvalue weighted by Crippen LogP contribution is -2.36. The maximum absolute atomic E-state index is 13.2. The summed E-state index contributed by atoms with van der Waals surface area (Å²) in [5, 5.41) is 22.7. The van der Waals surface area contributed by atoms with Gasteiger partial charge in [0.05, 0.1) is 34.1 Å². The second-order valence-corrected chi connectivity index (χ2v) is 10.1. The summed E-state index contributed by atoms with van der Waals surface area (Å²) >= 11 is 6.61. The Morgan fingerprint density at radius 3 is 1.49 bits per heavy atom. The van der Waals surface area contributed by atoms with E-state index >= 15 is 0 Å². The van der Waals surface area contributed by atoms with Crippen molar-refractivity contribution in [3.63, 3.8) is 0 Å². The summed E-state index contributed by atoms with van der Waals surface area (Å²) in [5.41, 5.74) is -4.25. The van der Waals surface area contributed by atoms with Crippen molar-refractivity contribution in [1.29, 1.82) is 0 Å². The monoisotopic (exact) mass is 653 g/mol. The number of halogens is 2. The van der Waals surface area contributed by atoms with E-state index in [9.17, 15) is 29.4 Å². The van der Waals surface area contributed by atoms with Gasteiger partial charge in [0.15, 0.2) is 0 Å². The fourth-order valence-electron chi connectivity index (χ4n) is 4.24. The average molecular weight is 655 g/mol. The summed E-state index contributed by atoms with van der Waals surface area (Å²) in [6.07, 6.45) is 1.40. The summed E-state index contributed by atoms with van der Waals surface area (Å²) in [5.74, 6) is -3.05. The van der Waals surface area contributed by atoms with E-state index in [1.165, 1.54) is 36.5 Å². The van der Waals surface area contributed by atoms with Gasteiger partial charge in [-0.15, -0.1) is 0 Å². The Labute approximate surface area is 235 Å². The van der Waals surface area contributed by atoms with Gasteiger partial charge in [0, 0.05) is 15.1 Å². The molecule has 0 unspecified atom stereocenters. The number of H-pyrrole nitrogens is 2. The normalized spacial score (nSPS) is 11.2. The van der Waals surface area contributed by atoms with E-state index in [-0.39, 0.29) is 17.1 Å². The molecule has 0 radical (unpaired) electrons. The fourth-order valence-corrected chi connectivity index (χ4v) is 4.77. The molecule has 0 atom stereocenters. The minimum absolute atomic E-state index is 0.0844. The highest BCUT2D eigenvalue weighted by molar-refractivity contribution is 9.10. The van der Waals surface area contributed by atoms with E-state index in [1.54, 1.807) is 36.4 Å². The third kappa shape index (κ3) is 4.77. The number of benzene rings is 2. The van der Waals surface area contributed by atoms with E-state index in [2.05, 4.69) is 46.8 Å². The number of hydrogen-bond acceptors (Lipinski definition) is 7. The minimum atomic E-state index is -1.50. The Morgan fingerprint density at radius 2 is 1.10 bits per heavy atom. The van der Waals surface area contributed by atoms with Crippen LogP contribution in [0.25, 0.3) is 11.4 Å². The predicted molar refractivity (Wildman–Crippen MR) is 149 cm³/mol. The van der Waals surface area contributed by atoms with Crippen molar-refractivity contribution < 1.29 is 10.2 Å². The molecule has 0 aliphatic carbocycles. The third-order valence-electron chi connectivity index (χ3n) is 5.97. The molecule has 4 N–H and O–H groups in total.